The van der Waals surface area contributed by atoms with Crippen molar-refractivity contribution in [3.05, 3.63) is 29.8 Å². The van der Waals surface area contributed by atoms with Gasteiger partial charge < -0.3 is 15.4 Å². The summed E-state index contributed by atoms with van der Waals surface area (Å²) < 4.78 is 29.0. The van der Waals surface area contributed by atoms with Gasteiger partial charge in [0.1, 0.15) is 12.3 Å². The predicted molar refractivity (Wildman–Crippen MR) is 98.3 cm³/mol. The van der Waals surface area contributed by atoms with Crippen LogP contribution in [0.15, 0.2) is 24.3 Å². The summed E-state index contributed by atoms with van der Waals surface area (Å²) in [6.45, 7) is 1.45. The molecule has 0 aliphatic carbocycles. The predicted octanol–water partition coefficient (Wildman–Crippen LogP) is -0.0904. The second kappa shape index (κ2) is 6.20. The van der Waals surface area contributed by atoms with E-state index in [0.717, 1.165) is 4.90 Å². The lowest BCUT2D eigenvalue weighted by molar-refractivity contribution is -0.136. The van der Waals surface area contributed by atoms with E-state index in [-0.39, 0.29) is 24.5 Å². The van der Waals surface area contributed by atoms with E-state index >= 15 is 0 Å². The van der Waals surface area contributed by atoms with E-state index in [9.17, 15) is 22.8 Å². The van der Waals surface area contributed by atoms with E-state index in [4.69, 9.17) is 4.74 Å². The SMILES string of the molecule is C[C@]1(NC(=O)CN2C(=O)N[C@]3(CCOc4ccccc43)C2=O)CCS(=O)(=O)C1. The third-order valence-corrected chi connectivity index (χ3v) is 7.41. The highest BCUT2D eigenvalue weighted by Crippen LogP contribution is 2.40. The molecule has 1 aromatic rings. The molecule has 1 spiro atoms. The molecule has 3 aliphatic rings. The topological polar surface area (TPSA) is 122 Å². The number of sulfone groups is 1. The zero-order valence-electron chi connectivity index (χ0n) is 15.4. The zero-order valence-corrected chi connectivity index (χ0v) is 16.2. The van der Waals surface area contributed by atoms with Crippen molar-refractivity contribution in [3.8, 4) is 5.75 Å². The Morgan fingerprint density at radius 2 is 2.04 bits per heavy atom. The molecule has 2 atom stereocenters. The third-order valence-electron chi connectivity index (χ3n) is 5.50. The van der Waals surface area contributed by atoms with Crippen molar-refractivity contribution in [3.63, 3.8) is 0 Å². The van der Waals surface area contributed by atoms with E-state index in [1.165, 1.54) is 0 Å². The van der Waals surface area contributed by atoms with Gasteiger partial charge >= 0.3 is 6.03 Å². The summed E-state index contributed by atoms with van der Waals surface area (Å²) in [6.07, 6.45) is 0.568. The van der Waals surface area contributed by atoms with Crippen molar-refractivity contribution in [2.45, 2.75) is 30.8 Å². The summed E-state index contributed by atoms with van der Waals surface area (Å²) in [5, 5.41) is 5.40. The van der Waals surface area contributed by atoms with E-state index in [2.05, 4.69) is 10.6 Å². The lowest BCUT2D eigenvalue weighted by Crippen LogP contribution is -2.52. The fourth-order valence-electron chi connectivity index (χ4n) is 4.14. The molecule has 4 rings (SSSR count). The largest absolute Gasteiger partial charge is 0.493 e. The maximum absolute atomic E-state index is 13.1. The second-order valence-corrected chi connectivity index (χ2v) is 9.96. The molecular weight excluding hydrogens is 386 g/mol. The van der Waals surface area contributed by atoms with Crippen LogP contribution in [-0.2, 0) is 25.0 Å². The number of ether oxygens (including phenoxy) is 1. The van der Waals surface area contributed by atoms with Crippen molar-refractivity contribution < 1.29 is 27.5 Å². The van der Waals surface area contributed by atoms with Gasteiger partial charge in [-0.05, 0) is 19.4 Å². The Labute approximate surface area is 162 Å². The van der Waals surface area contributed by atoms with Crippen LogP contribution in [0.5, 0.6) is 5.75 Å². The van der Waals surface area contributed by atoms with Crippen LogP contribution >= 0.6 is 0 Å². The third kappa shape index (κ3) is 3.01. The highest BCUT2D eigenvalue weighted by Gasteiger charge is 2.55. The number of hydrogen-bond acceptors (Lipinski definition) is 6. The summed E-state index contributed by atoms with van der Waals surface area (Å²) in [5.41, 5.74) is -1.57. The number of urea groups is 1. The molecule has 3 heterocycles. The molecule has 150 valence electrons. The van der Waals surface area contributed by atoms with Gasteiger partial charge in [-0.1, -0.05) is 18.2 Å². The Balaban J connectivity index is 1.52. The van der Waals surface area contributed by atoms with Gasteiger partial charge in [0.25, 0.3) is 5.91 Å². The number of rotatable bonds is 3. The van der Waals surface area contributed by atoms with Crippen molar-refractivity contribution in [1.29, 1.82) is 0 Å². The van der Waals surface area contributed by atoms with Crippen LogP contribution in [0.25, 0.3) is 0 Å². The van der Waals surface area contributed by atoms with Gasteiger partial charge in [0.05, 0.1) is 23.7 Å². The number of carbonyl (C=O) groups is 3. The van der Waals surface area contributed by atoms with Crippen molar-refractivity contribution in [2.24, 2.45) is 0 Å². The fourth-order valence-corrected chi connectivity index (χ4v) is 6.24. The molecule has 0 saturated carbocycles. The van der Waals surface area contributed by atoms with E-state index in [1.54, 1.807) is 31.2 Å². The Bertz CT molecular complexity index is 977. The summed E-state index contributed by atoms with van der Waals surface area (Å²) in [7, 11) is -3.19. The number of fused-ring (bicyclic) bond motifs is 2. The molecule has 9 nitrogen and oxygen atoms in total. The van der Waals surface area contributed by atoms with E-state index in [0.29, 0.717) is 17.7 Å². The van der Waals surface area contributed by atoms with Crippen LogP contribution in [0.2, 0.25) is 0 Å². The quantitative estimate of drug-likeness (QED) is 0.676. The lowest BCUT2D eigenvalue weighted by atomic mass is 9.84. The number of hydrogen-bond donors (Lipinski definition) is 2. The number of carbonyl (C=O) groups excluding carboxylic acids is 3. The first-order valence-electron chi connectivity index (χ1n) is 9.02. The molecule has 1 aromatic carbocycles. The maximum Gasteiger partial charge on any atom is 0.325 e. The van der Waals surface area contributed by atoms with E-state index < -0.39 is 45.3 Å². The number of amides is 4. The summed E-state index contributed by atoms with van der Waals surface area (Å²) in [4.78, 5) is 39.0. The van der Waals surface area contributed by atoms with Gasteiger partial charge in [-0.3, -0.25) is 14.5 Å². The Kier molecular flexibility index (Phi) is 4.14. The minimum absolute atomic E-state index is 0.00675. The van der Waals surface area contributed by atoms with Gasteiger partial charge in [0, 0.05) is 12.0 Å². The molecule has 0 radical (unpaired) electrons. The summed E-state index contributed by atoms with van der Waals surface area (Å²) in [6, 6.07) is 6.33. The smallest absolute Gasteiger partial charge is 0.325 e. The molecule has 0 bridgehead atoms. The minimum atomic E-state index is -3.19. The van der Waals surface area contributed by atoms with Crippen molar-refractivity contribution >= 4 is 27.7 Å². The highest BCUT2D eigenvalue weighted by atomic mass is 32.2. The zero-order chi connectivity index (χ0) is 20.2. The number of imide groups is 1. The van der Waals surface area contributed by atoms with Gasteiger partial charge in [0.2, 0.25) is 5.91 Å². The standard InChI is InChI=1S/C18H21N3O6S/c1-17(7-9-28(25,26)11-17)19-14(22)10-21-15(23)18(20-16(21)24)6-8-27-13-5-3-2-4-12(13)18/h2-5H,6-11H2,1H3,(H,19,22)(H,20,24)/t17-,18-/m0/s1. The molecule has 4 amide bonds. The molecule has 10 heteroatoms. The Morgan fingerprint density at radius 3 is 2.75 bits per heavy atom. The Hall–Kier alpha value is -2.62. The van der Waals surface area contributed by atoms with Crippen LogP contribution in [0, 0.1) is 0 Å². The molecule has 28 heavy (non-hydrogen) atoms. The monoisotopic (exact) mass is 407 g/mol. The van der Waals surface area contributed by atoms with Gasteiger partial charge in [-0.25, -0.2) is 13.2 Å². The summed E-state index contributed by atoms with van der Waals surface area (Å²) >= 11 is 0. The average Bonchev–Trinajstić information content (AvgIpc) is 3.03. The molecule has 2 fully saturated rings. The number of benzene rings is 1. The fraction of sp³-hybridized carbons (Fsp3) is 0.500. The molecular formula is C18H21N3O6S. The van der Waals surface area contributed by atoms with E-state index in [1.807, 2.05) is 0 Å². The first-order valence-corrected chi connectivity index (χ1v) is 10.8. The number of nitrogens with one attached hydrogen (secondary N) is 2. The second-order valence-electron chi connectivity index (χ2n) is 7.77. The van der Waals surface area contributed by atoms with Gasteiger partial charge in [0.15, 0.2) is 15.4 Å². The highest BCUT2D eigenvalue weighted by molar-refractivity contribution is 7.91. The molecule has 2 N–H and O–H groups in total. The van der Waals surface area contributed by atoms with Crippen LogP contribution in [0.3, 0.4) is 0 Å². The van der Waals surface area contributed by atoms with Crippen LogP contribution < -0.4 is 15.4 Å². The lowest BCUT2D eigenvalue weighted by Gasteiger charge is -2.33. The van der Waals surface area contributed by atoms with Crippen molar-refractivity contribution in [2.75, 3.05) is 24.7 Å². The minimum Gasteiger partial charge on any atom is -0.493 e. The molecule has 0 aromatic heterocycles. The Morgan fingerprint density at radius 1 is 1.29 bits per heavy atom. The van der Waals surface area contributed by atoms with Gasteiger partial charge in [-0.15, -0.1) is 0 Å². The first-order chi connectivity index (χ1) is 13.1. The molecule has 3 aliphatic heterocycles. The summed E-state index contributed by atoms with van der Waals surface area (Å²) in [5.74, 6) is -0.696. The normalized spacial score (nSPS) is 30.7. The number of para-hydroxylation sites is 1. The number of nitrogens with zero attached hydrogens (tertiary/aromatic N) is 1. The van der Waals surface area contributed by atoms with Crippen molar-refractivity contribution in [1.82, 2.24) is 15.5 Å². The maximum atomic E-state index is 13.1. The van der Waals surface area contributed by atoms with Crippen LogP contribution in [0.1, 0.15) is 25.3 Å². The molecule has 0 unspecified atom stereocenters. The average molecular weight is 407 g/mol. The molecule has 2 saturated heterocycles. The first kappa shape index (κ1) is 18.7. The van der Waals surface area contributed by atoms with Crippen LogP contribution in [-0.4, -0.2) is 61.4 Å². The van der Waals surface area contributed by atoms with Gasteiger partial charge in [-0.2, -0.15) is 0 Å². The van der Waals surface area contributed by atoms with Crippen LogP contribution in [0.4, 0.5) is 4.79 Å².